The van der Waals surface area contributed by atoms with Crippen molar-refractivity contribution in [2.45, 2.75) is 0 Å². The second kappa shape index (κ2) is 9.72. The Morgan fingerprint density at radius 1 is 1.15 bits per heavy atom. The van der Waals surface area contributed by atoms with Crippen LogP contribution >= 0.6 is 34.2 Å². The van der Waals surface area contributed by atoms with Crippen molar-refractivity contribution in [3.05, 3.63) is 97.5 Å². The van der Waals surface area contributed by atoms with Gasteiger partial charge in [0, 0.05) is 10.6 Å². The third kappa shape index (κ3) is 5.23. The molecule has 4 rings (SSSR count). The Bertz CT molecular complexity index is 1320. The largest absolute Gasteiger partial charge is 0.493 e. The van der Waals surface area contributed by atoms with Gasteiger partial charge in [0.05, 0.1) is 16.2 Å². The van der Waals surface area contributed by atoms with Crippen LogP contribution in [0.4, 0.5) is 4.39 Å². The van der Waals surface area contributed by atoms with E-state index in [1.165, 1.54) is 31.4 Å². The van der Waals surface area contributed by atoms with Gasteiger partial charge in [0.15, 0.2) is 17.2 Å². The number of halogens is 3. The topological polar surface area (TPSA) is 74.2 Å². The molecule has 3 aromatic rings. The zero-order valence-corrected chi connectivity index (χ0v) is 19.9. The van der Waals surface area contributed by atoms with Crippen LogP contribution in [0.1, 0.15) is 21.5 Å². The average Bonchev–Trinajstić information content (AvgIpc) is 3.16. The first-order valence-corrected chi connectivity index (χ1v) is 10.9. The third-order valence-corrected chi connectivity index (χ3v) is 5.58. The number of benzene rings is 3. The average molecular weight is 578 g/mol. The molecule has 33 heavy (non-hydrogen) atoms. The summed E-state index contributed by atoms with van der Waals surface area (Å²) in [5, 5.41) is 0.504. The van der Waals surface area contributed by atoms with Crippen LogP contribution in [0, 0.1) is 9.39 Å². The molecule has 0 aliphatic carbocycles. The third-order valence-electron chi connectivity index (χ3n) is 4.52. The summed E-state index contributed by atoms with van der Waals surface area (Å²) >= 11 is 7.86. The molecule has 3 aromatic carbocycles. The molecule has 0 saturated carbocycles. The standard InChI is InChI=1S/C24H14ClFINO5/c1-31-20-11-13(9-18(27)21(20)32-23(29)14-5-7-16(25)8-6-14)10-19-24(30)33-22(28-19)15-3-2-4-17(26)12-15/h2-12H,1H3/b19-10-. The number of hydrogen-bond acceptors (Lipinski definition) is 6. The number of esters is 2. The Balaban J connectivity index is 1.62. The second-order valence-corrected chi connectivity index (χ2v) is 8.38. The van der Waals surface area contributed by atoms with Gasteiger partial charge in [-0.1, -0.05) is 17.7 Å². The maximum atomic E-state index is 13.5. The molecule has 0 spiro atoms. The van der Waals surface area contributed by atoms with E-state index in [9.17, 15) is 14.0 Å². The first-order chi connectivity index (χ1) is 15.8. The summed E-state index contributed by atoms with van der Waals surface area (Å²) in [5.74, 6) is -1.17. The van der Waals surface area contributed by atoms with Gasteiger partial charge in [-0.3, -0.25) is 0 Å². The molecule has 0 atom stereocenters. The Hall–Kier alpha value is -3.24. The van der Waals surface area contributed by atoms with Gasteiger partial charge in [-0.15, -0.1) is 0 Å². The number of carbonyl (C=O) groups excluding carboxylic acids is 2. The van der Waals surface area contributed by atoms with Gasteiger partial charge < -0.3 is 14.2 Å². The van der Waals surface area contributed by atoms with E-state index < -0.39 is 17.8 Å². The number of rotatable bonds is 5. The highest BCUT2D eigenvalue weighted by Gasteiger charge is 2.25. The minimum atomic E-state index is -0.665. The number of hydrogen-bond donors (Lipinski definition) is 0. The molecule has 0 amide bonds. The van der Waals surface area contributed by atoms with Crippen LogP contribution < -0.4 is 9.47 Å². The van der Waals surface area contributed by atoms with Crippen molar-refractivity contribution in [3.8, 4) is 11.5 Å². The highest BCUT2D eigenvalue weighted by molar-refractivity contribution is 14.1. The van der Waals surface area contributed by atoms with Gasteiger partial charge in [0.25, 0.3) is 0 Å². The first kappa shape index (κ1) is 22.9. The highest BCUT2D eigenvalue weighted by Crippen LogP contribution is 2.35. The van der Waals surface area contributed by atoms with Crippen molar-refractivity contribution in [2.24, 2.45) is 4.99 Å². The van der Waals surface area contributed by atoms with Crippen molar-refractivity contribution >= 4 is 58.1 Å². The Labute approximate surface area is 206 Å². The van der Waals surface area contributed by atoms with E-state index in [0.29, 0.717) is 25.3 Å². The van der Waals surface area contributed by atoms with Crippen LogP contribution in [0.5, 0.6) is 11.5 Å². The number of nitrogens with zero attached hydrogens (tertiary/aromatic N) is 1. The molecule has 166 valence electrons. The summed E-state index contributed by atoms with van der Waals surface area (Å²) in [5.41, 5.74) is 1.29. The molecule has 0 saturated heterocycles. The number of ether oxygens (including phenoxy) is 3. The van der Waals surface area contributed by atoms with Gasteiger partial charge in [-0.05, 0) is 88.8 Å². The van der Waals surface area contributed by atoms with Crippen molar-refractivity contribution in [2.75, 3.05) is 7.11 Å². The molecule has 0 fully saturated rings. The zero-order chi connectivity index (χ0) is 23.5. The molecule has 0 N–H and O–H groups in total. The summed E-state index contributed by atoms with van der Waals surface area (Å²) in [4.78, 5) is 29.0. The lowest BCUT2D eigenvalue weighted by Gasteiger charge is -2.12. The van der Waals surface area contributed by atoms with Gasteiger partial charge in [0.2, 0.25) is 5.90 Å². The van der Waals surface area contributed by atoms with E-state index in [1.54, 1.807) is 42.5 Å². The number of carbonyl (C=O) groups is 2. The lowest BCUT2D eigenvalue weighted by atomic mass is 10.1. The van der Waals surface area contributed by atoms with Crippen molar-refractivity contribution < 1.29 is 28.2 Å². The molecular weight excluding hydrogens is 564 g/mol. The maximum absolute atomic E-state index is 13.5. The van der Waals surface area contributed by atoms with Crippen LogP contribution in [0.3, 0.4) is 0 Å². The van der Waals surface area contributed by atoms with Crippen LogP contribution in [0.25, 0.3) is 6.08 Å². The van der Waals surface area contributed by atoms with Crippen LogP contribution in [0.2, 0.25) is 5.02 Å². The van der Waals surface area contributed by atoms with Crippen molar-refractivity contribution in [3.63, 3.8) is 0 Å². The number of cyclic esters (lactones) is 1. The molecule has 1 aliphatic heterocycles. The molecule has 1 aliphatic rings. The molecule has 6 nitrogen and oxygen atoms in total. The normalized spacial score (nSPS) is 14.1. The van der Waals surface area contributed by atoms with Crippen LogP contribution in [-0.2, 0) is 9.53 Å². The lowest BCUT2D eigenvalue weighted by molar-refractivity contribution is -0.129. The van der Waals surface area contributed by atoms with Gasteiger partial charge >= 0.3 is 11.9 Å². The quantitative estimate of drug-likeness (QED) is 0.169. The predicted molar refractivity (Wildman–Crippen MR) is 129 cm³/mol. The van der Waals surface area contributed by atoms with Gasteiger partial charge in [-0.2, -0.15) is 0 Å². The Kier molecular flexibility index (Phi) is 6.75. The monoisotopic (exact) mass is 577 g/mol. The highest BCUT2D eigenvalue weighted by atomic mass is 127. The molecule has 0 aromatic heterocycles. The smallest absolute Gasteiger partial charge is 0.363 e. The fraction of sp³-hybridized carbons (Fsp3) is 0.0417. The lowest BCUT2D eigenvalue weighted by Crippen LogP contribution is -2.10. The van der Waals surface area contributed by atoms with E-state index in [1.807, 2.05) is 22.6 Å². The van der Waals surface area contributed by atoms with Crippen LogP contribution in [0.15, 0.2) is 71.4 Å². The fourth-order valence-electron chi connectivity index (χ4n) is 2.97. The van der Waals surface area contributed by atoms with E-state index in [0.717, 1.165) is 0 Å². The van der Waals surface area contributed by atoms with Crippen molar-refractivity contribution in [1.82, 2.24) is 0 Å². The zero-order valence-electron chi connectivity index (χ0n) is 17.0. The molecule has 0 unspecified atom stereocenters. The van der Waals surface area contributed by atoms with Gasteiger partial charge in [0.1, 0.15) is 5.82 Å². The summed E-state index contributed by atoms with van der Waals surface area (Å²) < 4.78 is 30.1. The molecule has 1 heterocycles. The first-order valence-electron chi connectivity index (χ1n) is 9.48. The summed E-state index contributed by atoms with van der Waals surface area (Å²) in [7, 11) is 1.44. The van der Waals surface area contributed by atoms with E-state index >= 15 is 0 Å². The van der Waals surface area contributed by atoms with E-state index in [2.05, 4.69) is 4.99 Å². The van der Waals surface area contributed by atoms with E-state index in [-0.39, 0.29) is 23.1 Å². The summed E-state index contributed by atoms with van der Waals surface area (Å²) in [6, 6.07) is 15.2. The minimum absolute atomic E-state index is 0.0147. The predicted octanol–water partition coefficient (Wildman–Crippen LogP) is 5.66. The Morgan fingerprint density at radius 2 is 1.91 bits per heavy atom. The SMILES string of the molecule is COc1cc(/C=C2\N=C(c3cccc(F)c3)OC2=O)cc(I)c1OC(=O)c1ccc(Cl)cc1. The molecule has 0 radical (unpaired) electrons. The number of methoxy groups -OCH3 is 1. The maximum Gasteiger partial charge on any atom is 0.363 e. The second-order valence-electron chi connectivity index (χ2n) is 6.78. The minimum Gasteiger partial charge on any atom is -0.493 e. The number of aliphatic imine (C=N–C) groups is 1. The van der Waals surface area contributed by atoms with Crippen LogP contribution in [-0.4, -0.2) is 24.9 Å². The van der Waals surface area contributed by atoms with Crippen molar-refractivity contribution in [1.29, 1.82) is 0 Å². The molecular formula is C24H14ClFINO5. The molecule has 0 bridgehead atoms. The fourth-order valence-corrected chi connectivity index (χ4v) is 3.83. The molecule has 9 heteroatoms. The summed E-state index contributed by atoms with van der Waals surface area (Å²) in [6.45, 7) is 0. The van der Waals surface area contributed by atoms with Gasteiger partial charge in [-0.25, -0.2) is 19.0 Å². The summed E-state index contributed by atoms with van der Waals surface area (Å²) in [6.07, 6.45) is 1.50. The van der Waals surface area contributed by atoms with E-state index in [4.69, 9.17) is 25.8 Å². The Morgan fingerprint density at radius 3 is 2.61 bits per heavy atom.